The second-order valence-corrected chi connectivity index (χ2v) is 7.65. The standard InChI is InChI=1S/C23H24N2O4/c1-25(14-22(26)24-18-6-8-19(28-2)9-7-18)13-17-12-23(27)29-21-11-16-5-3-4-15(16)10-20(17)21/h6-12H,3-5,13-14H2,1-2H3,(H,24,26)/p+1. The third kappa shape index (κ3) is 4.32. The van der Waals surface area contributed by atoms with Gasteiger partial charge in [0.25, 0.3) is 5.91 Å². The Morgan fingerprint density at radius 3 is 2.59 bits per heavy atom. The Bertz CT molecular complexity index is 1100. The van der Waals surface area contributed by atoms with Crippen LogP contribution in [0.5, 0.6) is 5.75 Å². The zero-order valence-electron chi connectivity index (χ0n) is 16.7. The molecular weight excluding hydrogens is 368 g/mol. The average molecular weight is 393 g/mol. The lowest BCUT2D eigenvalue weighted by atomic mass is 10.0. The summed E-state index contributed by atoms with van der Waals surface area (Å²) in [5, 5.41) is 3.87. The van der Waals surface area contributed by atoms with Crippen LogP contribution < -0.4 is 20.6 Å². The van der Waals surface area contributed by atoms with Gasteiger partial charge in [-0.3, -0.25) is 4.79 Å². The normalized spacial score (nSPS) is 13.9. The van der Waals surface area contributed by atoms with Gasteiger partial charge in [-0.25, -0.2) is 4.79 Å². The quantitative estimate of drug-likeness (QED) is 0.628. The number of aryl methyl sites for hydroxylation is 2. The summed E-state index contributed by atoms with van der Waals surface area (Å²) in [6.45, 7) is 0.857. The third-order valence-electron chi connectivity index (χ3n) is 5.37. The molecule has 1 heterocycles. The van der Waals surface area contributed by atoms with Crippen molar-refractivity contribution in [2.75, 3.05) is 26.0 Å². The first-order chi connectivity index (χ1) is 14.0. The minimum Gasteiger partial charge on any atom is -0.497 e. The van der Waals surface area contributed by atoms with Crippen molar-refractivity contribution in [2.45, 2.75) is 25.8 Å². The number of quaternary nitrogens is 1. The largest absolute Gasteiger partial charge is 0.497 e. The van der Waals surface area contributed by atoms with Gasteiger partial charge in [0, 0.05) is 22.7 Å². The number of rotatable bonds is 6. The van der Waals surface area contributed by atoms with Crippen LogP contribution in [0.15, 0.2) is 51.7 Å². The van der Waals surface area contributed by atoms with Crippen molar-refractivity contribution < 1.29 is 18.8 Å². The zero-order valence-corrected chi connectivity index (χ0v) is 16.7. The van der Waals surface area contributed by atoms with E-state index >= 15 is 0 Å². The van der Waals surface area contributed by atoms with E-state index in [1.807, 2.05) is 25.2 Å². The predicted molar refractivity (Wildman–Crippen MR) is 112 cm³/mol. The molecule has 0 spiro atoms. The fourth-order valence-electron chi connectivity index (χ4n) is 3.98. The monoisotopic (exact) mass is 393 g/mol. The number of benzene rings is 2. The van der Waals surface area contributed by atoms with Crippen LogP contribution in [0.1, 0.15) is 23.1 Å². The van der Waals surface area contributed by atoms with Crippen molar-refractivity contribution in [3.63, 3.8) is 0 Å². The fraction of sp³-hybridized carbons (Fsp3) is 0.304. The minimum atomic E-state index is -0.346. The molecule has 0 aliphatic heterocycles. The van der Waals surface area contributed by atoms with Gasteiger partial charge in [-0.1, -0.05) is 0 Å². The first-order valence-electron chi connectivity index (χ1n) is 9.85. The van der Waals surface area contributed by atoms with Crippen molar-refractivity contribution >= 4 is 22.6 Å². The van der Waals surface area contributed by atoms with E-state index in [2.05, 4.69) is 11.4 Å². The van der Waals surface area contributed by atoms with Crippen LogP contribution in [0.25, 0.3) is 11.0 Å². The molecule has 6 heteroatoms. The average Bonchev–Trinajstić information content (AvgIpc) is 3.14. The molecule has 1 amide bonds. The molecule has 4 rings (SSSR count). The molecule has 29 heavy (non-hydrogen) atoms. The Labute approximate surface area is 169 Å². The molecule has 0 fully saturated rings. The number of anilines is 1. The molecule has 3 aromatic rings. The highest BCUT2D eigenvalue weighted by Gasteiger charge is 2.18. The van der Waals surface area contributed by atoms with Crippen LogP contribution in [-0.4, -0.2) is 26.6 Å². The summed E-state index contributed by atoms with van der Waals surface area (Å²) in [7, 11) is 3.55. The number of nitrogens with one attached hydrogen (secondary N) is 2. The minimum absolute atomic E-state index is 0.0826. The Morgan fingerprint density at radius 1 is 1.14 bits per heavy atom. The lowest BCUT2D eigenvalue weighted by Gasteiger charge is -2.15. The Balaban J connectivity index is 1.47. The van der Waals surface area contributed by atoms with Crippen molar-refractivity contribution in [3.05, 3.63) is 69.6 Å². The van der Waals surface area contributed by atoms with Gasteiger partial charge >= 0.3 is 5.63 Å². The maximum atomic E-state index is 12.4. The molecule has 6 nitrogen and oxygen atoms in total. The van der Waals surface area contributed by atoms with E-state index in [1.54, 1.807) is 25.3 Å². The first kappa shape index (κ1) is 19.2. The summed E-state index contributed by atoms with van der Waals surface area (Å²) < 4.78 is 10.6. The van der Waals surface area contributed by atoms with Gasteiger partial charge in [-0.2, -0.15) is 0 Å². The highest BCUT2D eigenvalue weighted by atomic mass is 16.5. The van der Waals surface area contributed by atoms with E-state index in [-0.39, 0.29) is 11.5 Å². The summed E-state index contributed by atoms with van der Waals surface area (Å²) in [6.07, 6.45) is 3.24. The second kappa shape index (κ2) is 8.09. The number of fused-ring (bicyclic) bond motifs is 2. The molecule has 1 atom stereocenters. The molecule has 0 saturated carbocycles. The van der Waals surface area contributed by atoms with Crippen molar-refractivity contribution in [1.82, 2.24) is 0 Å². The van der Waals surface area contributed by atoms with Gasteiger partial charge in [0.1, 0.15) is 17.9 Å². The number of likely N-dealkylation sites (N-methyl/N-ethyl adjacent to an activating group) is 1. The van der Waals surface area contributed by atoms with Gasteiger partial charge in [-0.15, -0.1) is 0 Å². The number of amides is 1. The summed E-state index contributed by atoms with van der Waals surface area (Å²) in [5.74, 6) is 0.660. The number of hydrogen-bond donors (Lipinski definition) is 2. The maximum Gasteiger partial charge on any atom is 0.336 e. The Hall–Kier alpha value is -3.12. The number of carbonyl (C=O) groups excluding carboxylic acids is 1. The molecule has 1 unspecified atom stereocenters. The predicted octanol–water partition coefficient (Wildman–Crippen LogP) is 1.94. The van der Waals surface area contributed by atoms with E-state index in [0.717, 1.165) is 46.5 Å². The smallest absolute Gasteiger partial charge is 0.336 e. The lowest BCUT2D eigenvalue weighted by Crippen LogP contribution is -3.08. The highest BCUT2D eigenvalue weighted by molar-refractivity contribution is 5.91. The van der Waals surface area contributed by atoms with Crippen LogP contribution in [-0.2, 0) is 24.2 Å². The van der Waals surface area contributed by atoms with Gasteiger partial charge in [0.05, 0.1) is 14.2 Å². The van der Waals surface area contributed by atoms with Gasteiger partial charge < -0.3 is 19.4 Å². The molecule has 0 saturated heterocycles. The topological polar surface area (TPSA) is 73.0 Å². The van der Waals surface area contributed by atoms with Crippen LogP contribution in [0.2, 0.25) is 0 Å². The van der Waals surface area contributed by atoms with Crippen molar-refractivity contribution in [2.24, 2.45) is 0 Å². The summed E-state index contributed by atoms with van der Waals surface area (Å²) in [5.41, 5.74) is 4.55. The first-order valence-corrected chi connectivity index (χ1v) is 9.85. The summed E-state index contributed by atoms with van der Waals surface area (Å²) >= 11 is 0. The number of carbonyl (C=O) groups is 1. The van der Waals surface area contributed by atoms with Crippen molar-refractivity contribution in [3.8, 4) is 5.75 Å². The highest BCUT2D eigenvalue weighted by Crippen LogP contribution is 2.28. The van der Waals surface area contributed by atoms with E-state index in [0.29, 0.717) is 18.7 Å². The SMILES string of the molecule is COc1ccc(NC(=O)C[NH+](C)Cc2cc(=O)oc3cc4c(cc23)CCC4)cc1. The van der Waals surface area contributed by atoms with E-state index in [1.165, 1.54) is 11.1 Å². The number of hydrogen-bond acceptors (Lipinski definition) is 4. The molecule has 0 bridgehead atoms. The Kier molecular flexibility index (Phi) is 5.36. The molecule has 2 aromatic carbocycles. The van der Waals surface area contributed by atoms with Gasteiger partial charge in [0.2, 0.25) is 0 Å². The van der Waals surface area contributed by atoms with Crippen LogP contribution in [0.4, 0.5) is 5.69 Å². The molecule has 2 N–H and O–H groups in total. The van der Waals surface area contributed by atoms with Crippen LogP contribution in [0, 0.1) is 0 Å². The second-order valence-electron chi connectivity index (χ2n) is 7.65. The third-order valence-corrected chi connectivity index (χ3v) is 5.37. The van der Waals surface area contributed by atoms with Crippen LogP contribution in [0.3, 0.4) is 0 Å². The molecule has 0 radical (unpaired) electrons. The summed E-state index contributed by atoms with van der Waals surface area (Å²) in [6, 6.07) is 12.9. The van der Waals surface area contributed by atoms with E-state index in [4.69, 9.17) is 9.15 Å². The van der Waals surface area contributed by atoms with Gasteiger partial charge in [0.15, 0.2) is 6.54 Å². The van der Waals surface area contributed by atoms with E-state index < -0.39 is 0 Å². The number of ether oxygens (including phenoxy) is 1. The Morgan fingerprint density at radius 2 is 1.86 bits per heavy atom. The molecular formula is C23H25N2O4+. The summed E-state index contributed by atoms with van der Waals surface area (Å²) in [4.78, 5) is 25.4. The lowest BCUT2D eigenvalue weighted by molar-refractivity contribution is -0.885. The zero-order chi connectivity index (χ0) is 20.4. The van der Waals surface area contributed by atoms with Gasteiger partial charge in [-0.05, 0) is 66.8 Å². The molecule has 150 valence electrons. The molecule has 1 aliphatic carbocycles. The van der Waals surface area contributed by atoms with E-state index in [9.17, 15) is 9.59 Å². The number of methoxy groups -OCH3 is 1. The molecule has 1 aliphatic rings. The fourth-order valence-corrected chi connectivity index (χ4v) is 3.98. The van der Waals surface area contributed by atoms with Crippen molar-refractivity contribution in [1.29, 1.82) is 0 Å². The molecule has 1 aromatic heterocycles. The maximum absolute atomic E-state index is 12.4. The van der Waals surface area contributed by atoms with Crippen LogP contribution >= 0.6 is 0 Å².